The maximum Gasteiger partial charge on any atom is 0.259 e. The number of hydrogen-bond acceptors (Lipinski definition) is 6. The molecule has 3 aliphatic carbocycles. The molecule has 1 aliphatic heterocycles. The number of amides is 2. The molecule has 11 heteroatoms. The Hall–Kier alpha value is -3.05. The highest BCUT2D eigenvalue weighted by Gasteiger charge is 2.56. The van der Waals surface area contributed by atoms with Crippen LogP contribution in [-0.4, -0.2) is 54.9 Å². The Bertz CT molecular complexity index is 1690. The van der Waals surface area contributed by atoms with Gasteiger partial charge in [-0.2, -0.15) is 0 Å². The van der Waals surface area contributed by atoms with Crippen molar-refractivity contribution in [3.05, 3.63) is 53.3 Å². The molecule has 0 radical (unpaired) electrons. The van der Waals surface area contributed by atoms with E-state index in [1.54, 1.807) is 45.0 Å². The molecule has 4 aliphatic rings. The van der Waals surface area contributed by atoms with Crippen molar-refractivity contribution in [3.8, 4) is 16.9 Å². The molecule has 2 aromatic carbocycles. The predicted octanol–water partition coefficient (Wildman–Crippen LogP) is 5.93. The van der Waals surface area contributed by atoms with Crippen LogP contribution in [-0.2, 0) is 25.0 Å². The van der Waals surface area contributed by atoms with Gasteiger partial charge in [-0.25, -0.2) is 17.2 Å². The van der Waals surface area contributed by atoms with Crippen LogP contribution >= 0.6 is 0 Å². The van der Waals surface area contributed by atoms with Crippen LogP contribution in [0.3, 0.4) is 0 Å². The van der Waals surface area contributed by atoms with Crippen LogP contribution in [0.1, 0.15) is 109 Å². The number of benzene rings is 2. The van der Waals surface area contributed by atoms with Crippen LogP contribution in [0, 0.1) is 5.82 Å². The Kier molecular flexibility index (Phi) is 8.51. The first kappa shape index (κ1) is 33.8. The lowest BCUT2D eigenvalue weighted by atomic mass is 9.74. The van der Waals surface area contributed by atoms with Gasteiger partial charge in [0.15, 0.2) is 0 Å². The SMILES string of the molecule is CC(C)c1c(F)cccc1-c1cc(C(C)(C)C(=O)NS(=O)(=O)C2(C)CC2)ccc1O[C@@H]1CC[C@@H](NC(=O)[C@]2(F)CNC3(CCC3)C2)C1. The second kappa shape index (κ2) is 11.8. The van der Waals surface area contributed by atoms with Gasteiger partial charge >= 0.3 is 0 Å². The first-order valence-corrected chi connectivity index (χ1v) is 18.4. The molecule has 2 aromatic rings. The number of rotatable bonds is 10. The molecule has 0 aromatic heterocycles. The Labute approximate surface area is 276 Å². The summed E-state index contributed by atoms with van der Waals surface area (Å²) in [4.78, 5) is 26.5. The first-order valence-electron chi connectivity index (χ1n) is 16.9. The molecule has 47 heavy (non-hydrogen) atoms. The van der Waals surface area contributed by atoms with E-state index in [1.165, 1.54) is 6.07 Å². The van der Waals surface area contributed by atoms with E-state index in [1.807, 2.05) is 19.9 Å². The Morgan fingerprint density at radius 1 is 1.06 bits per heavy atom. The summed E-state index contributed by atoms with van der Waals surface area (Å²) in [5.74, 6) is -1.24. The predicted molar refractivity (Wildman–Crippen MR) is 177 cm³/mol. The van der Waals surface area contributed by atoms with E-state index in [0.717, 1.165) is 19.3 Å². The number of ether oxygens (including phenoxy) is 1. The summed E-state index contributed by atoms with van der Waals surface area (Å²) < 4.78 is 64.6. The summed E-state index contributed by atoms with van der Waals surface area (Å²) in [6.07, 6.45) is 5.55. The van der Waals surface area contributed by atoms with E-state index >= 15 is 8.78 Å². The fourth-order valence-electron chi connectivity index (χ4n) is 7.32. The van der Waals surface area contributed by atoms with Crippen molar-refractivity contribution in [1.29, 1.82) is 0 Å². The number of hydrogen-bond donors (Lipinski definition) is 3. The fraction of sp³-hybridized carbons (Fsp3) is 0.611. The van der Waals surface area contributed by atoms with Crippen LogP contribution < -0.4 is 20.1 Å². The third-order valence-electron chi connectivity index (χ3n) is 11.1. The maximum absolute atomic E-state index is 15.6. The van der Waals surface area contributed by atoms with Crippen molar-refractivity contribution < 1.29 is 31.5 Å². The second-order valence-corrected chi connectivity index (χ2v) is 17.6. The van der Waals surface area contributed by atoms with E-state index in [0.29, 0.717) is 60.1 Å². The lowest BCUT2D eigenvalue weighted by Crippen LogP contribution is -2.49. The summed E-state index contributed by atoms with van der Waals surface area (Å²) in [6.45, 7) is 8.80. The maximum atomic E-state index is 15.6. The number of nitrogens with one attached hydrogen (secondary N) is 3. The van der Waals surface area contributed by atoms with Crippen molar-refractivity contribution in [2.45, 2.75) is 132 Å². The zero-order valence-corrected chi connectivity index (χ0v) is 28.8. The highest BCUT2D eigenvalue weighted by atomic mass is 32.2. The van der Waals surface area contributed by atoms with Crippen molar-refractivity contribution in [2.24, 2.45) is 0 Å². The van der Waals surface area contributed by atoms with Gasteiger partial charge in [0.05, 0.1) is 10.2 Å². The van der Waals surface area contributed by atoms with Gasteiger partial charge in [-0.15, -0.1) is 0 Å². The summed E-state index contributed by atoms with van der Waals surface area (Å²) in [7, 11) is -3.85. The highest BCUT2D eigenvalue weighted by molar-refractivity contribution is 7.91. The van der Waals surface area contributed by atoms with Gasteiger partial charge in [-0.1, -0.05) is 32.0 Å². The minimum Gasteiger partial charge on any atom is -0.490 e. The smallest absolute Gasteiger partial charge is 0.259 e. The number of carbonyl (C=O) groups excluding carboxylic acids is 2. The molecule has 4 fully saturated rings. The molecule has 0 bridgehead atoms. The minimum absolute atomic E-state index is 0.0344. The van der Waals surface area contributed by atoms with Gasteiger partial charge in [0.25, 0.3) is 5.91 Å². The van der Waals surface area contributed by atoms with Gasteiger partial charge in [0.2, 0.25) is 21.6 Å². The Balaban J connectivity index is 1.24. The highest BCUT2D eigenvalue weighted by Crippen LogP contribution is 2.45. The average molecular weight is 672 g/mol. The molecule has 1 heterocycles. The van der Waals surface area contributed by atoms with Gasteiger partial charge in [0.1, 0.15) is 17.7 Å². The van der Waals surface area contributed by atoms with Crippen molar-refractivity contribution in [3.63, 3.8) is 0 Å². The van der Waals surface area contributed by atoms with Crippen molar-refractivity contribution >= 4 is 21.8 Å². The molecule has 1 spiro atoms. The first-order chi connectivity index (χ1) is 22.0. The Morgan fingerprint density at radius 3 is 2.40 bits per heavy atom. The molecule has 3 N–H and O–H groups in total. The zero-order chi connectivity index (χ0) is 34.0. The van der Waals surface area contributed by atoms with Crippen LogP contribution in [0.2, 0.25) is 0 Å². The lowest BCUT2D eigenvalue weighted by Gasteiger charge is -2.38. The van der Waals surface area contributed by atoms with Crippen molar-refractivity contribution in [1.82, 2.24) is 15.4 Å². The topological polar surface area (TPSA) is 114 Å². The lowest BCUT2D eigenvalue weighted by molar-refractivity contribution is -0.133. The van der Waals surface area contributed by atoms with Crippen LogP contribution in [0.5, 0.6) is 5.75 Å². The quantitative estimate of drug-likeness (QED) is 0.289. The van der Waals surface area contributed by atoms with Crippen LogP contribution in [0.4, 0.5) is 8.78 Å². The molecular formula is C36H47F2N3O5S. The van der Waals surface area contributed by atoms with Crippen LogP contribution in [0.15, 0.2) is 36.4 Å². The van der Waals surface area contributed by atoms with Gasteiger partial charge in [-0.05, 0) is 107 Å². The molecule has 8 nitrogen and oxygen atoms in total. The van der Waals surface area contributed by atoms with Crippen molar-refractivity contribution in [2.75, 3.05) is 6.54 Å². The molecule has 0 unspecified atom stereocenters. The largest absolute Gasteiger partial charge is 0.490 e. The summed E-state index contributed by atoms with van der Waals surface area (Å²) in [6, 6.07) is 9.90. The number of carbonyl (C=O) groups is 2. The normalized spacial score (nSPS) is 26.2. The third-order valence-corrected chi connectivity index (χ3v) is 13.3. The van der Waals surface area contributed by atoms with Gasteiger partial charge in [0, 0.05) is 36.5 Å². The monoisotopic (exact) mass is 671 g/mol. The van der Waals surface area contributed by atoms with E-state index in [9.17, 15) is 18.0 Å². The fourth-order valence-corrected chi connectivity index (χ4v) is 8.70. The summed E-state index contributed by atoms with van der Waals surface area (Å²) in [5, 5.41) is 6.18. The van der Waals surface area contributed by atoms with E-state index in [4.69, 9.17) is 4.74 Å². The minimum atomic E-state index is -3.85. The number of halogens is 2. The van der Waals surface area contributed by atoms with E-state index in [-0.39, 0.29) is 42.4 Å². The van der Waals surface area contributed by atoms with E-state index in [2.05, 4.69) is 15.4 Å². The third kappa shape index (κ3) is 6.30. The molecule has 3 atom stereocenters. The number of sulfonamides is 1. The zero-order valence-electron chi connectivity index (χ0n) is 28.0. The molecule has 6 rings (SSSR count). The van der Waals surface area contributed by atoms with Gasteiger partial charge in [-0.3, -0.25) is 14.3 Å². The Morgan fingerprint density at radius 2 is 1.79 bits per heavy atom. The molecule has 2 amide bonds. The average Bonchev–Trinajstić information content (AvgIpc) is 3.42. The van der Waals surface area contributed by atoms with Gasteiger partial charge < -0.3 is 15.4 Å². The van der Waals surface area contributed by atoms with Crippen LogP contribution in [0.25, 0.3) is 11.1 Å². The summed E-state index contributed by atoms with van der Waals surface area (Å²) in [5.41, 5.74) is -1.14. The standard InChI is InChI=1S/C36H47F2N3O5S/c1-22(2)30-26(8-6-9-28(30)37)27-18-23(33(3,4)31(42)41-47(44,45)34(5)16-17-34)10-13-29(27)46-25-12-11-24(19-25)40-32(43)36(38)20-35(39-21-36)14-7-15-35/h6,8-10,13,18,22,24-25,39H,7,11-12,14-17,19-21H2,1-5H3,(H,40,43)(H,41,42)/t24-,25-,36-/m1/s1. The number of alkyl halides is 1. The summed E-state index contributed by atoms with van der Waals surface area (Å²) >= 11 is 0. The second-order valence-electron chi connectivity index (χ2n) is 15.4. The molecule has 3 saturated carbocycles. The molecular weight excluding hydrogens is 624 g/mol. The molecule has 1 saturated heterocycles. The van der Waals surface area contributed by atoms with E-state index < -0.39 is 37.7 Å². The molecule has 256 valence electrons.